The molecule has 2 nitrogen and oxygen atoms in total. The van der Waals surface area contributed by atoms with Gasteiger partial charge in [0.1, 0.15) is 5.82 Å². The van der Waals surface area contributed by atoms with E-state index in [4.69, 9.17) is 0 Å². The third-order valence-electron chi connectivity index (χ3n) is 2.38. The van der Waals surface area contributed by atoms with Gasteiger partial charge in [-0.25, -0.2) is 4.39 Å². The first-order valence-electron chi connectivity index (χ1n) is 5.55. The SMILES string of the molecule is Cc1ccc(NC(=O)/C=C/c2ccc(Br)s2)c(F)c1. The molecule has 2 aromatic rings. The quantitative estimate of drug-likeness (QED) is 0.813. The summed E-state index contributed by atoms with van der Waals surface area (Å²) in [6, 6.07) is 8.49. The topological polar surface area (TPSA) is 29.1 Å². The van der Waals surface area contributed by atoms with Gasteiger partial charge in [0.05, 0.1) is 9.47 Å². The zero-order valence-electron chi connectivity index (χ0n) is 10.1. The molecule has 19 heavy (non-hydrogen) atoms. The summed E-state index contributed by atoms with van der Waals surface area (Å²) in [5, 5.41) is 2.51. The lowest BCUT2D eigenvalue weighted by Crippen LogP contribution is -2.09. The summed E-state index contributed by atoms with van der Waals surface area (Å²) in [5.41, 5.74) is 1.00. The van der Waals surface area contributed by atoms with E-state index in [9.17, 15) is 9.18 Å². The molecule has 1 N–H and O–H groups in total. The van der Waals surface area contributed by atoms with Gasteiger partial charge in [-0.3, -0.25) is 4.79 Å². The van der Waals surface area contributed by atoms with Crippen LogP contribution in [0.3, 0.4) is 0 Å². The van der Waals surface area contributed by atoms with Crippen molar-refractivity contribution in [3.05, 3.63) is 56.5 Å². The van der Waals surface area contributed by atoms with E-state index in [2.05, 4.69) is 21.2 Å². The first kappa shape index (κ1) is 14.0. The Labute approximate surface area is 123 Å². The molecule has 1 aromatic heterocycles. The Bertz CT molecular complexity index is 636. The number of anilines is 1. The molecular weight excluding hydrogens is 329 g/mol. The van der Waals surface area contributed by atoms with Gasteiger partial charge in [-0.2, -0.15) is 0 Å². The van der Waals surface area contributed by atoms with Gasteiger partial charge in [0.25, 0.3) is 0 Å². The zero-order chi connectivity index (χ0) is 13.8. The number of carbonyl (C=O) groups excluding carboxylic acids is 1. The summed E-state index contributed by atoms with van der Waals surface area (Å²) < 4.78 is 14.5. The second-order valence-corrected chi connectivity index (χ2v) is 6.44. The predicted octanol–water partition coefficient (Wildman–Crippen LogP) is 4.61. The van der Waals surface area contributed by atoms with Crippen LogP contribution < -0.4 is 5.32 Å². The highest BCUT2D eigenvalue weighted by Gasteiger charge is 2.04. The molecule has 0 spiro atoms. The fourth-order valence-corrected chi connectivity index (χ4v) is 2.80. The maximum Gasteiger partial charge on any atom is 0.248 e. The van der Waals surface area contributed by atoms with E-state index in [1.54, 1.807) is 25.1 Å². The van der Waals surface area contributed by atoms with Crippen LogP contribution in [0.5, 0.6) is 0 Å². The van der Waals surface area contributed by atoms with Crippen LogP contribution in [0.25, 0.3) is 6.08 Å². The van der Waals surface area contributed by atoms with Crippen LogP contribution >= 0.6 is 27.3 Å². The highest BCUT2D eigenvalue weighted by Crippen LogP contribution is 2.23. The van der Waals surface area contributed by atoms with Gasteiger partial charge in [-0.15, -0.1) is 11.3 Å². The standard InChI is InChI=1S/C14H11BrFNOS/c1-9-2-5-12(11(16)8-9)17-14(18)7-4-10-3-6-13(15)19-10/h2-8H,1H3,(H,17,18)/b7-4+. The summed E-state index contributed by atoms with van der Waals surface area (Å²) in [7, 11) is 0. The lowest BCUT2D eigenvalue weighted by Gasteiger charge is -2.04. The van der Waals surface area contributed by atoms with Crippen molar-refractivity contribution in [2.24, 2.45) is 0 Å². The van der Waals surface area contributed by atoms with Crippen LogP contribution in [0.1, 0.15) is 10.4 Å². The third kappa shape index (κ3) is 4.01. The summed E-state index contributed by atoms with van der Waals surface area (Å²) in [4.78, 5) is 12.6. The first-order valence-corrected chi connectivity index (χ1v) is 7.16. The molecule has 98 valence electrons. The fraction of sp³-hybridized carbons (Fsp3) is 0.0714. The molecule has 1 heterocycles. The van der Waals surface area contributed by atoms with E-state index in [1.165, 1.54) is 23.5 Å². The zero-order valence-corrected chi connectivity index (χ0v) is 12.5. The molecule has 5 heteroatoms. The van der Waals surface area contributed by atoms with Crippen molar-refractivity contribution in [2.45, 2.75) is 6.92 Å². The van der Waals surface area contributed by atoms with Gasteiger partial charge < -0.3 is 5.32 Å². The molecule has 0 saturated heterocycles. The molecule has 0 aliphatic rings. The number of nitrogens with one attached hydrogen (secondary N) is 1. The van der Waals surface area contributed by atoms with E-state index in [1.807, 2.05) is 12.1 Å². The third-order valence-corrected chi connectivity index (χ3v) is 3.96. The Balaban J connectivity index is 2.03. The largest absolute Gasteiger partial charge is 0.320 e. The number of thiophene rings is 1. The number of rotatable bonds is 3. The van der Waals surface area contributed by atoms with Crippen LogP contribution in [0.15, 0.2) is 40.2 Å². The summed E-state index contributed by atoms with van der Waals surface area (Å²) in [6.45, 7) is 1.79. The number of benzene rings is 1. The van der Waals surface area contributed by atoms with Crippen molar-refractivity contribution < 1.29 is 9.18 Å². The Morgan fingerprint density at radius 1 is 1.37 bits per heavy atom. The molecule has 0 saturated carbocycles. The molecule has 0 radical (unpaired) electrons. The van der Waals surface area contributed by atoms with E-state index in [-0.39, 0.29) is 11.6 Å². The molecule has 0 unspecified atom stereocenters. The van der Waals surface area contributed by atoms with Crippen LogP contribution in [-0.2, 0) is 4.79 Å². The van der Waals surface area contributed by atoms with E-state index in [0.717, 1.165) is 14.2 Å². The molecule has 0 bridgehead atoms. The smallest absolute Gasteiger partial charge is 0.248 e. The minimum atomic E-state index is -0.430. The predicted molar refractivity (Wildman–Crippen MR) is 80.8 cm³/mol. The van der Waals surface area contributed by atoms with E-state index >= 15 is 0 Å². The Morgan fingerprint density at radius 2 is 2.16 bits per heavy atom. The lowest BCUT2D eigenvalue weighted by molar-refractivity contribution is -0.111. The Hall–Kier alpha value is -1.46. The number of aryl methyl sites for hydroxylation is 1. The van der Waals surface area contributed by atoms with Gasteiger partial charge in [0, 0.05) is 11.0 Å². The number of amides is 1. The van der Waals surface area contributed by atoms with Gasteiger partial charge >= 0.3 is 0 Å². The first-order chi connectivity index (χ1) is 9.04. The molecule has 0 aliphatic carbocycles. The molecule has 0 aliphatic heterocycles. The van der Waals surface area contributed by atoms with Gasteiger partial charge in [-0.05, 0) is 58.8 Å². The van der Waals surface area contributed by atoms with Gasteiger partial charge in [0.15, 0.2) is 0 Å². The summed E-state index contributed by atoms with van der Waals surface area (Å²) in [5.74, 6) is -0.784. The number of halogens is 2. The molecule has 1 amide bonds. The molecular formula is C14H11BrFNOS. The van der Waals surface area contributed by atoms with E-state index < -0.39 is 5.82 Å². The average molecular weight is 340 g/mol. The maximum atomic E-state index is 13.5. The highest BCUT2D eigenvalue weighted by atomic mass is 79.9. The molecule has 2 rings (SSSR count). The summed E-state index contributed by atoms with van der Waals surface area (Å²) >= 11 is 4.86. The van der Waals surface area contributed by atoms with Crippen LogP contribution in [0, 0.1) is 12.7 Å². The van der Waals surface area contributed by atoms with E-state index in [0.29, 0.717) is 0 Å². The van der Waals surface area contributed by atoms with Crippen LogP contribution in [-0.4, -0.2) is 5.91 Å². The maximum absolute atomic E-state index is 13.5. The normalized spacial score (nSPS) is 10.9. The average Bonchev–Trinajstić information content (AvgIpc) is 2.76. The Kier molecular flexibility index (Phi) is 4.50. The minimum Gasteiger partial charge on any atom is -0.320 e. The second kappa shape index (κ2) is 6.12. The summed E-state index contributed by atoms with van der Waals surface area (Å²) in [6.07, 6.45) is 3.08. The second-order valence-electron chi connectivity index (χ2n) is 3.95. The highest BCUT2D eigenvalue weighted by molar-refractivity contribution is 9.11. The van der Waals surface area contributed by atoms with Crippen LogP contribution in [0.2, 0.25) is 0 Å². The number of hydrogen-bond acceptors (Lipinski definition) is 2. The minimum absolute atomic E-state index is 0.188. The van der Waals surface area contributed by atoms with Crippen molar-refractivity contribution in [3.8, 4) is 0 Å². The molecule has 0 fully saturated rings. The van der Waals surface area contributed by atoms with Gasteiger partial charge in [-0.1, -0.05) is 6.07 Å². The molecule has 0 atom stereocenters. The Morgan fingerprint density at radius 3 is 2.79 bits per heavy atom. The number of carbonyl (C=O) groups is 1. The fourth-order valence-electron chi connectivity index (χ4n) is 1.47. The van der Waals surface area contributed by atoms with Gasteiger partial charge in [0.2, 0.25) is 5.91 Å². The van der Waals surface area contributed by atoms with Crippen molar-refractivity contribution >= 4 is 44.9 Å². The van der Waals surface area contributed by atoms with Crippen LogP contribution in [0.4, 0.5) is 10.1 Å². The number of hydrogen-bond donors (Lipinski definition) is 1. The monoisotopic (exact) mass is 339 g/mol. The lowest BCUT2D eigenvalue weighted by atomic mass is 10.2. The van der Waals surface area contributed by atoms with Crippen molar-refractivity contribution in [3.63, 3.8) is 0 Å². The molecule has 1 aromatic carbocycles. The van der Waals surface area contributed by atoms with Crippen molar-refractivity contribution in [1.82, 2.24) is 0 Å². The van der Waals surface area contributed by atoms with Crippen molar-refractivity contribution in [1.29, 1.82) is 0 Å². The van der Waals surface area contributed by atoms with Crippen molar-refractivity contribution in [2.75, 3.05) is 5.32 Å².